The molecule has 1 N–H and O–H groups in total. The van der Waals surface area contributed by atoms with Gasteiger partial charge < -0.3 is 5.32 Å². The highest BCUT2D eigenvalue weighted by atomic mass is 16.3. The molecule has 0 rings (SSSR count). The van der Waals surface area contributed by atoms with Crippen LogP contribution in [0.4, 0.5) is 0 Å². The molecule has 0 aliphatic rings. The number of rotatable bonds is 4. The second kappa shape index (κ2) is 5.06. The molecule has 0 fully saturated rings. The van der Waals surface area contributed by atoms with Gasteiger partial charge in [0.1, 0.15) is 0 Å². The van der Waals surface area contributed by atoms with Gasteiger partial charge in [0, 0.05) is 6.04 Å². The molecule has 0 bridgehead atoms. The first kappa shape index (κ1) is 7.92. The summed E-state index contributed by atoms with van der Waals surface area (Å²) in [7, 11) is 0. The highest BCUT2D eigenvalue weighted by molar-refractivity contribution is 4.50. The molecule has 0 aromatic carbocycles. The van der Waals surface area contributed by atoms with Gasteiger partial charge in [-0.15, -0.1) is 0 Å². The molecule has 0 saturated heterocycles. The zero-order valence-electron chi connectivity index (χ0n) is 5.61. The third-order valence-corrected chi connectivity index (χ3v) is 0.874. The molecule has 1 radical (unpaired) electrons. The summed E-state index contributed by atoms with van der Waals surface area (Å²) in [5, 5.41) is 13.0. The van der Waals surface area contributed by atoms with Crippen LogP contribution in [0.1, 0.15) is 20.3 Å². The van der Waals surface area contributed by atoms with E-state index in [0.717, 1.165) is 13.0 Å². The van der Waals surface area contributed by atoms with Gasteiger partial charge in [-0.2, -0.15) is 0 Å². The Morgan fingerprint density at radius 2 is 2.12 bits per heavy atom. The maximum absolute atomic E-state index is 9.87. The average Bonchev–Trinajstić information content (AvgIpc) is 1.66. The van der Waals surface area contributed by atoms with Crippen LogP contribution in [0.5, 0.6) is 0 Å². The van der Waals surface area contributed by atoms with E-state index < -0.39 is 0 Å². The molecule has 0 spiro atoms. The lowest BCUT2D eigenvalue weighted by Crippen LogP contribution is -2.23. The summed E-state index contributed by atoms with van der Waals surface area (Å²) >= 11 is 0. The fourth-order valence-electron chi connectivity index (χ4n) is 0.463. The second-order valence-electron chi connectivity index (χ2n) is 2.17. The number of hydrogen-bond donors (Lipinski definition) is 1. The molecule has 2 nitrogen and oxygen atoms in total. The summed E-state index contributed by atoms with van der Waals surface area (Å²) in [6, 6.07) is 0.515. The van der Waals surface area contributed by atoms with Crippen molar-refractivity contribution >= 4 is 0 Å². The summed E-state index contributed by atoms with van der Waals surface area (Å²) in [6.07, 6.45) is 0.748. The van der Waals surface area contributed by atoms with E-state index in [4.69, 9.17) is 0 Å². The molecule has 0 saturated carbocycles. The maximum atomic E-state index is 9.87. The van der Waals surface area contributed by atoms with Gasteiger partial charge in [-0.1, -0.05) is 13.8 Å². The smallest absolute Gasteiger partial charge is 0.0834 e. The Balaban J connectivity index is 2.72. The van der Waals surface area contributed by atoms with E-state index in [1.54, 1.807) is 0 Å². The zero-order valence-corrected chi connectivity index (χ0v) is 5.61. The molecule has 8 heavy (non-hydrogen) atoms. The van der Waals surface area contributed by atoms with Crippen LogP contribution in [0.3, 0.4) is 0 Å². The number of hydrogen-bond acceptors (Lipinski definition) is 1. The van der Waals surface area contributed by atoms with E-state index in [1.165, 1.54) is 0 Å². The van der Waals surface area contributed by atoms with E-state index in [1.807, 2.05) is 0 Å². The Labute approximate surface area is 50.9 Å². The third-order valence-electron chi connectivity index (χ3n) is 0.874. The van der Waals surface area contributed by atoms with Gasteiger partial charge in [0.2, 0.25) is 0 Å². The minimum Gasteiger partial charge on any atom is -0.314 e. The first-order valence-corrected chi connectivity index (χ1v) is 3.09. The maximum Gasteiger partial charge on any atom is 0.0834 e. The van der Waals surface area contributed by atoms with Gasteiger partial charge in [0.15, 0.2) is 0 Å². The second-order valence-corrected chi connectivity index (χ2v) is 2.17. The van der Waals surface area contributed by atoms with Crippen LogP contribution in [-0.4, -0.2) is 19.2 Å². The van der Waals surface area contributed by atoms with Gasteiger partial charge in [0.05, 0.1) is 6.61 Å². The highest BCUT2D eigenvalue weighted by Crippen LogP contribution is 1.77. The zero-order chi connectivity index (χ0) is 6.41. The fourth-order valence-corrected chi connectivity index (χ4v) is 0.463. The predicted molar refractivity (Wildman–Crippen MR) is 33.3 cm³/mol. The topological polar surface area (TPSA) is 31.9 Å². The van der Waals surface area contributed by atoms with Crippen LogP contribution in [0.2, 0.25) is 0 Å². The number of nitrogens with one attached hydrogen (secondary N) is 1. The Hall–Kier alpha value is -0.0800. The van der Waals surface area contributed by atoms with Gasteiger partial charge in [0.25, 0.3) is 0 Å². The van der Waals surface area contributed by atoms with Crippen molar-refractivity contribution in [3.05, 3.63) is 0 Å². The summed E-state index contributed by atoms with van der Waals surface area (Å²) < 4.78 is 0. The molecule has 0 aromatic rings. The Bertz CT molecular complexity index is 45.8. The Morgan fingerprint density at radius 3 is 2.50 bits per heavy atom. The van der Waals surface area contributed by atoms with Crippen LogP contribution >= 0.6 is 0 Å². The average molecular weight is 116 g/mol. The normalized spacial score (nSPS) is 10.5. The monoisotopic (exact) mass is 116 g/mol. The van der Waals surface area contributed by atoms with Crippen LogP contribution in [0.15, 0.2) is 0 Å². The summed E-state index contributed by atoms with van der Waals surface area (Å²) in [5.74, 6) is 0. The molecule has 0 aromatic heterocycles. The summed E-state index contributed by atoms with van der Waals surface area (Å²) in [5.41, 5.74) is 0. The van der Waals surface area contributed by atoms with Gasteiger partial charge in [-0.3, -0.25) is 0 Å². The van der Waals surface area contributed by atoms with Gasteiger partial charge >= 0.3 is 0 Å². The van der Waals surface area contributed by atoms with Gasteiger partial charge in [-0.25, -0.2) is 5.11 Å². The SMILES string of the molecule is CC(C)NCCC[O]. The summed E-state index contributed by atoms with van der Waals surface area (Å²) in [4.78, 5) is 0. The van der Waals surface area contributed by atoms with Crippen LogP contribution < -0.4 is 5.32 Å². The molecule has 0 atom stereocenters. The quantitative estimate of drug-likeness (QED) is 0.541. The third kappa shape index (κ3) is 5.92. The standard InChI is InChI=1S/C6H14NO/c1-6(2)7-4-3-5-8/h6-7H,3-5H2,1-2H3. The summed E-state index contributed by atoms with van der Waals surface area (Å²) in [6.45, 7) is 5.05. The molecule has 2 heteroatoms. The van der Waals surface area contributed by atoms with Crippen molar-refractivity contribution in [2.45, 2.75) is 26.3 Å². The van der Waals surface area contributed by atoms with Crippen molar-refractivity contribution < 1.29 is 5.11 Å². The minimum atomic E-state index is 0.0414. The van der Waals surface area contributed by atoms with Crippen LogP contribution in [-0.2, 0) is 5.11 Å². The first-order valence-electron chi connectivity index (χ1n) is 3.09. The van der Waals surface area contributed by atoms with E-state index >= 15 is 0 Å². The molecule has 0 aliphatic carbocycles. The van der Waals surface area contributed by atoms with Crippen molar-refractivity contribution in [3.63, 3.8) is 0 Å². The Kier molecular flexibility index (Phi) is 5.01. The molecular formula is C6H14NO. The molecule has 0 amide bonds. The van der Waals surface area contributed by atoms with Crippen molar-refractivity contribution in [3.8, 4) is 0 Å². The lowest BCUT2D eigenvalue weighted by molar-refractivity contribution is 0.188. The van der Waals surface area contributed by atoms with Crippen molar-refractivity contribution in [2.75, 3.05) is 13.2 Å². The van der Waals surface area contributed by atoms with Gasteiger partial charge in [-0.05, 0) is 13.0 Å². The molecule has 49 valence electrons. The Morgan fingerprint density at radius 1 is 1.50 bits per heavy atom. The molecule has 0 heterocycles. The minimum absolute atomic E-state index is 0.0414. The van der Waals surface area contributed by atoms with E-state index in [2.05, 4.69) is 19.2 Å². The molecule has 0 unspecified atom stereocenters. The van der Waals surface area contributed by atoms with Crippen molar-refractivity contribution in [1.29, 1.82) is 0 Å². The lowest BCUT2D eigenvalue weighted by atomic mass is 10.3. The van der Waals surface area contributed by atoms with Crippen LogP contribution in [0, 0.1) is 0 Å². The van der Waals surface area contributed by atoms with Crippen molar-refractivity contribution in [2.24, 2.45) is 0 Å². The van der Waals surface area contributed by atoms with E-state index in [-0.39, 0.29) is 6.61 Å². The molecule has 0 aliphatic heterocycles. The van der Waals surface area contributed by atoms with E-state index in [0.29, 0.717) is 6.04 Å². The highest BCUT2D eigenvalue weighted by Gasteiger charge is 1.88. The van der Waals surface area contributed by atoms with E-state index in [9.17, 15) is 5.11 Å². The van der Waals surface area contributed by atoms with Crippen LogP contribution in [0.25, 0.3) is 0 Å². The fraction of sp³-hybridized carbons (Fsp3) is 1.00. The largest absolute Gasteiger partial charge is 0.314 e. The predicted octanol–water partition coefficient (Wildman–Crippen LogP) is 0.805. The molecular weight excluding hydrogens is 102 g/mol. The van der Waals surface area contributed by atoms with Crippen molar-refractivity contribution in [1.82, 2.24) is 5.32 Å². The first-order chi connectivity index (χ1) is 3.77. The lowest BCUT2D eigenvalue weighted by Gasteiger charge is -2.04.